The predicted octanol–water partition coefficient (Wildman–Crippen LogP) is 5.38. The van der Waals surface area contributed by atoms with Crippen molar-refractivity contribution in [3.8, 4) is 0 Å². The summed E-state index contributed by atoms with van der Waals surface area (Å²) >= 11 is 0. The molecule has 28 heavy (non-hydrogen) atoms. The zero-order chi connectivity index (χ0) is 20.2. The van der Waals surface area contributed by atoms with Crippen molar-refractivity contribution in [3.63, 3.8) is 0 Å². The third kappa shape index (κ3) is 8.00. The van der Waals surface area contributed by atoms with Gasteiger partial charge in [-0.3, -0.25) is 0 Å². The fourth-order valence-electron chi connectivity index (χ4n) is 5.02. The second-order valence-electron chi connectivity index (χ2n) is 9.12. The van der Waals surface area contributed by atoms with Gasteiger partial charge in [-0.25, -0.2) is 0 Å². The molecule has 2 aliphatic carbocycles. The molecule has 2 aliphatic rings. The first-order chi connectivity index (χ1) is 13.7. The molecule has 0 spiro atoms. The fourth-order valence-corrected chi connectivity index (χ4v) is 5.02. The Morgan fingerprint density at radius 3 is 2.61 bits per heavy atom. The van der Waals surface area contributed by atoms with Gasteiger partial charge in [0.1, 0.15) is 0 Å². The van der Waals surface area contributed by atoms with Gasteiger partial charge < -0.3 is 15.5 Å². The van der Waals surface area contributed by atoms with Crippen LogP contribution in [0, 0.1) is 17.8 Å². The van der Waals surface area contributed by atoms with Gasteiger partial charge in [-0.05, 0) is 76.3 Å². The summed E-state index contributed by atoms with van der Waals surface area (Å²) in [6, 6.07) is 0. The molecule has 3 N–H and O–H groups in total. The molecule has 0 amide bonds. The molecule has 0 heterocycles. The zero-order valence-electron chi connectivity index (χ0n) is 18.4. The minimum atomic E-state index is -0.347. The highest BCUT2D eigenvalue weighted by atomic mass is 16.3. The molecule has 162 valence electrons. The van der Waals surface area contributed by atoms with E-state index < -0.39 is 0 Å². The Labute approximate surface area is 173 Å². The van der Waals surface area contributed by atoms with Gasteiger partial charge in [0.05, 0.1) is 12.2 Å². The number of allylic oxidation sites excluding steroid dienone is 2. The second-order valence-corrected chi connectivity index (χ2v) is 9.12. The number of hydrogen-bond donors (Lipinski definition) is 3. The summed E-state index contributed by atoms with van der Waals surface area (Å²) in [5, 5.41) is 24.2. The van der Waals surface area contributed by atoms with Crippen molar-refractivity contribution >= 4 is 0 Å². The van der Waals surface area contributed by atoms with Crippen LogP contribution in [0.25, 0.3) is 0 Å². The number of aliphatic hydroxyl groups excluding tert-OH is 2. The molecule has 0 saturated heterocycles. The molecule has 2 saturated carbocycles. The smallest absolute Gasteiger partial charge is 0.0721 e. The highest BCUT2D eigenvalue weighted by Gasteiger charge is 2.44. The Hall–Kier alpha value is -0.640. The van der Waals surface area contributed by atoms with E-state index in [-0.39, 0.29) is 18.1 Å². The van der Waals surface area contributed by atoms with E-state index in [1.54, 1.807) is 5.57 Å². The highest BCUT2D eigenvalue weighted by Crippen LogP contribution is 2.50. The summed E-state index contributed by atoms with van der Waals surface area (Å²) in [6.45, 7) is 6.73. The van der Waals surface area contributed by atoms with Crippen LogP contribution in [0.1, 0.15) is 90.9 Å². The Balaban J connectivity index is 1.70. The van der Waals surface area contributed by atoms with Gasteiger partial charge in [-0.15, -0.1) is 0 Å². The molecule has 0 aromatic rings. The van der Waals surface area contributed by atoms with Gasteiger partial charge in [-0.2, -0.15) is 0 Å². The molecule has 3 nitrogen and oxygen atoms in total. The Kier molecular flexibility index (Phi) is 11.4. The summed E-state index contributed by atoms with van der Waals surface area (Å²) in [7, 11) is 0. The molecule has 0 aromatic heterocycles. The van der Waals surface area contributed by atoms with E-state index in [4.69, 9.17) is 0 Å². The van der Waals surface area contributed by atoms with Crippen LogP contribution in [0.4, 0.5) is 0 Å². The summed E-state index contributed by atoms with van der Waals surface area (Å²) in [4.78, 5) is 0. The monoisotopic (exact) mass is 391 g/mol. The summed E-state index contributed by atoms with van der Waals surface area (Å²) in [5.41, 5.74) is 1.61. The van der Waals surface area contributed by atoms with Crippen LogP contribution in [-0.4, -0.2) is 35.5 Å². The Bertz CT molecular complexity index is 473. The minimum Gasteiger partial charge on any atom is -0.392 e. The molecule has 0 radical (unpaired) electrons. The van der Waals surface area contributed by atoms with E-state index in [2.05, 4.69) is 31.3 Å². The largest absolute Gasteiger partial charge is 0.392 e. The topological polar surface area (TPSA) is 52.5 Å². The maximum Gasteiger partial charge on any atom is 0.0721 e. The first-order valence-corrected chi connectivity index (χ1v) is 12.1. The molecule has 3 heteroatoms. The third-order valence-electron chi connectivity index (χ3n) is 6.72. The predicted molar refractivity (Wildman–Crippen MR) is 119 cm³/mol. The Morgan fingerprint density at radius 1 is 1.04 bits per heavy atom. The van der Waals surface area contributed by atoms with Crippen molar-refractivity contribution in [1.82, 2.24) is 5.32 Å². The SMILES string of the molecule is CCCCC[C@H](O)/C=C/[C@@H]1[C@H]2C/C(=C/CCCCNCCCC)C[C@H]2C[C@H]1O. The van der Waals surface area contributed by atoms with Gasteiger partial charge in [0.2, 0.25) is 0 Å². The summed E-state index contributed by atoms with van der Waals surface area (Å²) in [5.74, 6) is 1.46. The van der Waals surface area contributed by atoms with Crippen molar-refractivity contribution in [2.24, 2.45) is 17.8 Å². The highest BCUT2D eigenvalue weighted by molar-refractivity contribution is 5.17. The number of unbranched alkanes of at least 4 members (excludes halogenated alkanes) is 5. The first-order valence-electron chi connectivity index (χ1n) is 12.1. The number of nitrogens with one attached hydrogen (secondary N) is 1. The molecule has 0 bridgehead atoms. The lowest BCUT2D eigenvalue weighted by molar-refractivity contribution is 0.139. The average Bonchev–Trinajstić information content (AvgIpc) is 3.19. The number of fused-ring (bicyclic) bond motifs is 1. The number of aliphatic hydroxyl groups is 2. The number of hydrogen-bond acceptors (Lipinski definition) is 3. The van der Waals surface area contributed by atoms with Crippen LogP contribution in [0.2, 0.25) is 0 Å². The van der Waals surface area contributed by atoms with E-state index in [0.29, 0.717) is 11.8 Å². The minimum absolute atomic E-state index is 0.218. The first kappa shape index (κ1) is 23.6. The van der Waals surface area contributed by atoms with Crippen LogP contribution in [0.15, 0.2) is 23.8 Å². The van der Waals surface area contributed by atoms with E-state index in [1.165, 1.54) is 51.4 Å². The van der Waals surface area contributed by atoms with Crippen LogP contribution in [0.3, 0.4) is 0 Å². The maximum atomic E-state index is 10.5. The quantitative estimate of drug-likeness (QED) is 0.275. The summed E-state index contributed by atoms with van der Waals surface area (Å²) in [6.07, 6.45) is 19.9. The van der Waals surface area contributed by atoms with Gasteiger partial charge in [0, 0.05) is 5.92 Å². The van der Waals surface area contributed by atoms with E-state index >= 15 is 0 Å². The standard InChI is InChI=1S/C25H45NO2/c1-3-5-8-12-22(27)13-14-23-24-18-20(17-21(24)19-25(23)28)11-9-7-10-16-26-15-6-4-2/h11,13-14,21-28H,3-10,12,15-19H2,1-2H3/b14-13+,20-11+/t21-,22-,23+,24-,25+/m0/s1. The molecule has 0 aromatic carbocycles. The van der Waals surface area contributed by atoms with Crippen LogP contribution < -0.4 is 5.32 Å². The van der Waals surface area contributed by atoms with E-state index in [0.717, 1.165) is 38.8 Å². The van der Waals surface area contributed by atoms with Crippen molar-refractivity contribution in [2.75, 3.05) is 13.1 Å². The van der Waals surface area contributed by atoms with Crippen LogP contribution in [-0.2, 0) is 0 Å². The molecule has 2 rings (SSSR count). The molecule has 5 atom stereocenters. The maximum absolute atomic E-state index is 10.5. The van der Waals surface area contributed by atoms with Crippen molar-refractivity contribution in [1.29, 1.82) is 0 Å². The molecule has 0 unspecified atom stereocenters. The average molecular weight is 392 g/mol. The van der Waals surface area contributed by atoms with Gasteiger partial charge in [-0.1, -0.05) is 63.3 Å². The molecule has 2 fully saturated rings. The normalized spacial score (nSPS) is 29.8. The summed E-state index contributed by atoms with van der Waals surface area (Å²) < 4.78 is 0. The fraction of sp³-hybridized carbons (Fsp3) is 0.840. The zero-order valence-corrected chi connectivity index (χ0v) is 18.4. The Morgan fingerprint density at radius 2 is 1.82 bits per heavy atom. The van der Waals surface area contributed by atoms with Crippen molar-refractivity contribution in [3.05, 3.63) is 23.8 Å². The number of rotatable bonds is 14. The molecular formula is C25H45NO2. The van der Waals surface area contributed by atoms with E-state index in [9.17, 15) is 10.2 Å². The molecule has 0 aliphatic heterocycles. The van der Waals surface area contributed by atoms with Crippen molar-refractivity contribution < 1.29 is 10.2 Å². The van der Waals surface area contributed by atoms with Crippen LogP contribution in [0.5, 0.6) is 0 Å². The lowest BCUT2D eigenvalue weighted by Gasteiger charge is -2.17. The molecular weight excluding hydrogens is 346 g/mol. The lowest BCUT2D eigenvalue weighted by Crippen LogP contribution is -2.17. The van der Waals surface area contributed by atoms with E-state index in [1.807, 2.05) is 6.08 Å². The van der Waals surface area contributed by atoms with Gasteiger partial charge in [0.25, 0.3) is 0 Å². The van der Waals surface area contributed by atoms with Gasteiger partial charge >= 0.3 is 0 Å². The van der Waals surface area contributed by atoms with Gasteiger partial charge in [0.15, 0.2) is 0 Å². The van der Waals surface area contributed by atoms with Crippen LogP contribution >= 0.6 is 0 Å². The second kappa shape index (κ2) is 13.6. The lowest BCUT2D eigenvalue weighted by atomic mass is 9.90. The van der Waals surface area contributed by atoms with Crippen molar-refractivity contribution in [2.45, 2.75) is 103 Å². The third-order valence-corrected chi connectivity index (χ3v) is 6.72.